The first-order chi connectivity index (χ1) is 7.27. The maximum atomic E-state index is 11.7. The molecule has 0 aliphatic heterocycles. The van der Waals surface area contributed by atoms with Gasteiger partial charge in [-0.25, -0.2) is 0 Å². The van der Waals surface area contributed by atoms with Crippen molar-refractivity contribution >= 4 is 17.2 Å². The molecular formula is C11H15NO2S. The van der Waals surface area contributed by atoms with Gasteiger partial charge in [0.1, 0.15) is 0 Å². The summed E-state index contributed by atoms with van der Waals surface area (Å²) in [6.45, 7) is 0. The number of thiophene rings is 1. The Balaban J connectivity index is 1.93. The van der Waals surface area contributed by atoms with E-state index in [0.717, 1.165) is 25.7 Å². The predicted molar refractivity (Wildman–Crippen MR) is 60.0 cm³/mol. The summed E-state index contributed by atoms with van der Waals surface area (Å²) in [6, 6.07) is 1.74. The van der Waals surface area contributed by atoms with Crippen LogP contribution in [0.2, 0.25) is 0 Å². The number of aliphatic hydroxyl groups excluding tert-OH is 1. The molecule has 2 unspecified atom stereocenters. The number of carbonyl (C=O) groups excluding carboxylic acids is 1. The van der Waals surface area contributed by atoms with Crippen molar-refractivity contribution in [2.75, 3.05) is 0 Å². The normalized spacial score (nSPS) is 26.2. The van der Waals surface area contributed by atoms with Gasteiger partial charge in [-0.3, -0.25) is 4.79 Å². The van der Waals surface area contributed by atoms with E-state index in [-0.39, 0.29) is 18.1 Å². The molecule has 1 saturated carbocycles. The Bertz CT molecular complexity index is 323. The van der Waals surface area contributed by atoms with Crippen LogP contribution in [0.15, 0.2) is 16.8 Å². The molecule has 82 valence electrons. The summed E-state index contributed by atoms with van der Waals surface area (Å²) in [4.78, 5) is 11.7. The van der Waals surface area contributed by atoms with E-state index in [9.17, 15) is 9.90 Å². The van der Waals surface area contributed by atoms with Gasteiger partial charge in [0.25, 0.3) is 5.91 Å². The second-order valence-electron chi connectivity index (χ2n) is 3.94. The number of amides is 1. The molecular weight excluding hydrogens is 210 g/mol. The summed E-state index contributed by atoms with van der Waals surface area (Å²) < 4.78 is 0. The molecule has 0 bridgehead atoms. The van der Waals surface area contributed by atoms with Crippen molar-refractivity contribution in [3.63, 3.8) is 0 Å². The fraction of sp³-hybridized carbons (Fsp3) is 0.545. The molecule has 1 heterocycles. The first kappa shape index (κ1) is 10.6. The Morgan fingerprint density at radius 2 is 2.27 bits per heavy atom. The molecule has 1 aromatic rings. The molecule has 0 saturated heterocycles. The van der Waals surface area contributed by atoms with Crippen molar-refractivity contribution in [1.29, 1.82) is 0 Å². The summed E-state index contributed by atoms with van der Waals surface area (Å²) in [6.07, 6.45) is 3.46. The third-order valence-corrected chi connectivity index (χ3v) is 3.51. The van der Waals surface area contributed by atoms with Crippen molar-refractivity contribution in [3.8, 4) is 0 Å². The average Bonchev–Trinajstić information content (AvgIpc) is 2.74. The fourth-order valence-electron chi connectivity index (χ4n) is 1.93. The monoisotopic (exact) mass is 225 g/mol. The zero-order chi connectivity index (χ0) is 10.7. The Labute approximate surface area is 93.1 Å². The van der Waals surface area contributed by atoms with Gasteiger partial charge >= 0.3 is 0 Å². The summed E-state index contributed by atoms with van der Waals surface area (Å²) in [5.41, 5.74) is 0.692. The summed E-state index contributed by atoms with van der Waals surface area (Å²) in [5.74, 6) is -0.0674. The maximum Gasteiger partial charge on any atom is 0.252 e. The summed E-state index contributed by atoms with van der Waals surface area (Å²) >= 11 is 1.51. The van der Waals surface area contributed by atoms with E-state index >= 15 is 0 Å². The Kier molecular flexibility index (Phi) is 3.38. The standard InChI is InChI=1S/C11H15NO2S/c13-10-4-2-1-3-9(10)12-11(14)8-5-6-15-7-8/h5-7,9-10,13H,1-4H2,(H,12,14). The van der Waals surface area contributed by atoms with Gasteiger partial charge in [-0.2, -0.15) is 11.3 Å². The largest absolute Gasteiger partial charge is 0.391 e. The van der Waals surface area contributed by atoms with Crippen LogP contribution in [-0.4, -0.2) is 23.2 Å². The maximum absolute atomic E-state index is 11.7. The van der Waals surface area contributed by atoms with Crippen LogP contribution in [0.4, 0.5) is 0 Å². The molecule has 2 atom stereocenters. The number of rotatable bonds is 2. The number of nitrogens with one attached hydrogen (secondary N) is 1. The topological polar surface area (TPSA) is 49.3 Å². The second kappa shape index (κ2) is 4.77. The number of carbonyl (C=O) groups is 1. The Hall–Kier alpha value is -0.870. The van der Waals surface area contributed by atoms with Gasteiger partial charge in [0, 0.05) is 10.9 Å². The quantitative estimate of drug-likeness (QED) is 0.806. The lowest BCUT2D eigenvalue weighted by Crippen LogP contribution is -2.44. The zero-order valence-electron chi connectivity index (χ0n) is 8.48. The Morgan fingerprint density at radius 3 is 2.93 bits per heavy atom. The van der Waals surface area contributed by atoms with Crippen molar-refractivity contribution in [3.05, 3.63) is 22.4 Å². The van der Waals surface area contributed by atoms with Crippen LogP contribution in [0.1, 0.15) is 36.0 Å². The van der Waals surface area contributed by atoms with E-state index in [4.69, 9.17) is 0 Å². The van der Waals surface area contributed by atoms with Crippen LogP contribution < -0.4 is 5.32 Å². The Morgan fingerprint density at radius 1 is 1.47 bits per heavy atom. The van der Waals surface area contributed by atoms with Crippen LogP contribution in [-0.2, 0) is 0 Å². The van der Waals surface area contributed by atoms with E-state index in [2.05, 4.69) is 5.32 Å². The SMILES string of the molecule is O=C(NC1CCCCC1O)c1ccsc1. The van der Waals surface area contributed by atoms with Crippen LogP contribution >= 0.6 is 11.3 Å². The lowest BCUT2D eigenvalue weighted by Gasteiger charge is -2.28. The molecule has 0 radical (unpaired) electrons. The van der Waals surface area contributed by atoms with E-state index in [1.807, 2.05) is 10.8 Å². The van der Waals surface area contributed by atoms with Crippen LogP contribution in [0.5, 0.6) is 0 Å². The number of aliphatic hydroxyl groups is 1. The first-order valence-corrected chi connectivity index (χ1v) is 6.23. The third kappa shape index (κ3) is 2.58. The van der Waals surface area contributed by atoms with Gasteiger partial charge in [-0.15, -0.1) is 0 Å². The van der Waals surface area contributed by atoms with Gasteiger partial charge in [0.05, 0.1) is 12.1 Å². The van der Waals surface area contributed by atoms with E-state index < -0.39 is 0 Å². The first-order valence-electron chi connectivity index (χ1n) is 5.28. The molecule has 1 aromatic heterocycles. The van der Waals surface area contributed by atoms with Gasteiger partial charge in [0.2, 0.25) is 0 Å². The molecule has 2 rings (SSSR count). The molecule has 0 aromatic carbocycles. The molecule has 4 heteroatoms. The van der Waals surface area contributed by atoms with Gasteiger partial charge in [0.15, 0.2) is 0 Å². The smallest absolute Gasteiger partial charge is 0.252 e. The van der Waals surface area contributed by atoms with E-state index in [0.29, 0.717) is 5.56 Å². The number of hydrogen-bond acceptors (Lipinski definition) is 3. The van der Waals surface area contributed by atoms with Crippen LogP contribution in [0.25, 0.3) is 0 Å². The minimum absolute atomic E-state index is 0.0638. The highest BCUT2D eigenvalue weighted by Gasteiger charge is 2.24. The molecule has 1 amide bonds. The molecule has 1 fully saturated rings. The summed E-state index contributed by atoms with van der Waals surface area (Å²) in [5, 5.41) is 16.3. The lowest BCUT2D eigenvalue weighted by molar-refractivity contribution is 0.0717. The molecule has 2 N–H and O–H groups in total. The van der Waals surface area contributed by atoms with E-state index in [1.165, 1.54) is 11.3 Å². The number of hydrogen-bond donors (Lipinski definition) is 2. The fourth-order valence-corrected chi connectivity index (χ4v) is 2.56. The van der Waals surface area contributed by atoms with Crippen molar-refractivity contribution < 1.29 is 9.90 Å². The van der Waals surface area contributed by atoms with Crippen molar-refractivity contribution in [2.45, 2.75) is 37.8 Å². The molecule has 3 nitrogen and oxygen atoms in total. The highest BCUT2D eigenvalue weighted by atomic mass is 32.1. The van der Waals surface area contributed by atoms with Crippen molar-refractivity contribution in [1.82, 2.24) is 5.32 Å². The minimum Gasteiger partial charge on any atom is -0.391 e. The summed E-state index contributed by atoms with van der Waals surface area (Å²) in [7, 11) is 0. The van der Waals surface area contributed by atoms with Gasteiger partial charge < -0.3 is 10.4 Å². The second-order valence-corrected chi connectivity index (χ2v) is 4.72. The van der Waals surface area contributed by atoms with E-state index in [1.54, 1.807) is 6.07 Å². The third-order valence-electron chi connectivity index (χ3n) is 2.83. The van der Waals surface area contributed by atoms with Crippen LogP contribution in [0.3, 0.4) is 0 Å². The lowest BCUT2D eigenvalue weighted by atomic mass is 9.92. The highest BCUT2D eigenvalue weighted by molar-refractivity contribution is 7.08. The molecule has 1 aliphatic carbocycles. The molecule has 15 heavy (non-hydrogen) atoms. The minimum atomic E-state index is -0.374. The predicted octanol–water partition coefficient (Wildman–Crippen LogP) is 1.78. The highest BCUT2D eigenvalue weighted by Crippen LogP contribution is 2.19. The molecule has 0 spiro atoms. The van der Waals surface area contributed by atoms with Crippen molar-refractivity contribution in [2.24, 2.45) is 0 Å². The average molecular weight is 225 g/mol. The van der Waals surface area contributed by atoms with Gasteiger partial charge in [-0.1, -0.05) is 12.8 Å². The van der Waals surface area contributed by atoms with Gasteiger partial charge in [-0.05, 0) is 24.3 Å². The zero-order valence-corrected chi connectivity index (χ0v) is 9.30. The molecule has 1 aliphatic rings. The van der Waals surface area contributed by atoms with Crippen LogP contribution in [0, 0.1) is 0 Å².